The van der Waals surface area contributed by atoms with Crippen LogP contribution in [0.1, 0.15) is 27.9 Å². The Balaban J connectivity index is 1.94. The van der Waals surface area contributed by atoms with E-state index in [9.17, 15) is 9.59 Å². The van der Waals surface area contributed by atoms with Crippen molar-refractivity contribution < 1.29 is 14.7 Å². The van der Waals surface area contributed by atoms with Gasteiger partial charge < -0.3 is 15.3 Å². The molecule has 1 atom stereocenters. The molecule has 0 aromatic heterocycles. The zero-order valence-electron chi connectivity index (χ0n) is 15.6. The molecule has 0 aliphatic rings. The summed E-state index contributed by atoms with van der Waals surface area (Å²) in [4.78, 5) is 25.2. The van der Waals surface area contributed by atoms with Crippen molar-refractivity contribution in [3.8, 4) is 11.8 Å². The zero-order valence-corrected chi connectivity index (χ0v) is 15.6. The Hall–Kier alpha value is -3.10. The smallest absolute Gasteiger partial charge is 0.303 e. The minimum Gasteiger partial charge on any atom is -0.481 e. The standard InChI is InChI=1S/C22H24N2O3/c1-24(2)16-19(14-21(25)26)15-23-22(27)20-12-10-18(11-13-20)9-8-17-6-4-3-5-7-17/h3-7,10-13,19H,14-16H2,1-2H3,(H,23,27)(H,25,26). The largest absolute Gasteiger partial charge is 0.481 e. The van der Waals surface area contributed by atoms with Gasteiger partial charge in [0.1, 0.15) is 0 Å². The first-order valence-corrected chi connectivity index (χ1v) is 8.76. The summed E-state index contributed by atoms with van der Waals surface area (Å²) >= 11 is 0. The van der Waals surface area contributed by atoms with Crippen molar-refractivity contribution in [2.45, 2.75) is 6.42 Å². The summed E-state index contributed by atoms with van der Waals surface area (Å²) in [5.74, 6) is 4.92. The fourth-order valence-corrected chi connectivity index (χ4v) is 2.67. The Labute approximate surface area is 160 Å². The number of carboxylic acid groups (broad SMARTS) is 1. The second-order valence-electron chi connectivity index (χ2n) is 6.63. The number of aliphatic carboxylic acids is 1. The number of hydrogen-bond donors (Lipinski definition) is 2. The summed E-state index contributed by atoms with van der Waals surface area (Å²) in [6, 6.07) is 16.8. The van der Waals surface area contributed by atoms with E-state index in [1.54, 1.807) is 24.3 Å². The molecule has 1 unspecified atom stereocenters. The number of hydrogen-bond acceptors (Lipinski definition) is 3. The highest BCUT2D eigenvalue weighted by Crippen LogP contribution is 2.07. The molecule has 0 aliphatic heterocycles. The van der Waals surface area contributed by atoms with Gasteiger partial charge in [0.2, 0.25) is 0 Å². The van der Waals surface area contributed by atoms with Crippen molar-refractivity contribution in [3.05, 3.63) is 71.3 Å². The van der Waals surface area contributed by atoms with Gasteiger partial charge in [-0.1, -0.05) is 30.0 Å². The van der Waals surface area contributed by atoms with Crippen molar-refractivity contribution in [2.75, 3.05) is 27.2 Å². The molecule has 27 heavy (non-hydrogen) atoms. The molecular weight excluding hydrogens is 340 g/mol. The van der Waals surface area contributed by atoms with Crippen LogP contribution in [-0.2, 0) is 4.79 Å². The molecule has 0 spiro atoms. The van der Waals surface area contributed by atoms with Crippen LogP contribution in [0.5, 0.6) is 0 Å². The quantitative estimate of drug-likeness (QED) is 0.741. The number of carbonyl (C=O) groups is 2. The summed E-state index contributed by atoms with van der Waals surface area (Å²) in [5.41, 5.74) is 2.29. The predicted octanol–water partition coefficient (Wildman–Crippen LogP) is 2.47. The predicted molar refractivity (Wildman–Crippen MR) is 105 cm³/mol. The van der Waals surface area contributed by atoms with Crippen LogP contribution >= 0.6 is 0 Å². The highest BCUT2D eigenvalue weighted by Gasteiger charge is 2.16. The summed E-state index contributed by atoms with van der Waals surface area (Å²) in [6.07, 6.45) is 0.0203. The van der Waals surface area contributed by atoms with E-state index in [-0.39, 0.29) is 18.2 Å². The van der Waals surface area contributed by atoms with Crippen molar-refractivity contribution in [2.24, 2.45) is 5.92 Å². The maximum atomic E-state index is 12.3. The third kappa shape index (κ3) is 7.35. The Kier molecular flexibility index (Phi) is 7.60. The monoisotopic (exact) mass is 364 g/mol. The van der Waals surface area contributed by atoms with E-state index in [4.69, 9.17) is 5.11 Å². The van der Waals surface area contributed by atoms with Crippen LogP contribution < -0.4 is 5.32 Å². The van der Waals surface area contributed by atoms with Gasteiger partial charge in [0.15, 0.2) is 0 Å². The average molecular weight is 364 g/mol. The lowest BCUT2D eigenvalue weighted by atomic mass is 10.0. The first kappa shape index (κ1) is 20.2. The van der Waals surface area contributed by atoms with Gasteiger partial charge in [-0.05, 0) is 56.4 Å². The van der Waals surface area contributed by atoms with E-state index in [0.717, 1.165) is 11.1 Å². The van der Waals surface area contributed by atoms with Crippen molar-refractivity contribution in [1.82, 2.24) is 10.2 Å². The normalized spacial score (nSPS) is 11.4. The first-order chi connectivity index (χ1) is 12.9. The van der Waals surface area contributed by atoms with Crippen LogP contribution in [0.25, 0.3) is 0 Å². The first-order valence-electron chi connectivity index (χ1n) is 8.76. The highest BCUT2D eigenvalue weighted by molar-refractivity contribution is 5.94. The molecule has 0 heterocycles. The van der Waals surface area contributed by atoms with Crippen LogP contribution in [0.3, 0.4) is 0 Å². The number of benzene rings is 2. The topological polar surface area (TPSA) is 69.6 Å². The molecule has 0 fully saturated rings. The minimum atomic E-state index is -0.863. The summed E-state index contributed by atoms with van der Waals surface area (Å²) in [5, 5.41) is 11.8. The van der Waals surface area contributed by atoms with Gasteiger partial charge >= 0.3 is 5.97 Å². The van der Waals surface area contributed by atoms with Crippen LogP contribution in [0, 0.1) is 17.8 Å². The summed E-state index contributed by atoms with van der Waals surface area (Å²) in [6.45, 7) is 0.916. The van der Waals surface area contributed by atoms with E-state index in [2.05, 4.69) is 17.2 Å². The molecule has 0 saturated carbocycles. The molecule has 2 aromatic carbocycles. The van der Waals surface area contributed by atoms with Crippen LogP contribution in [0.4, 0.5) is 0 Å². The maximum absolute atomic E-state index is 12.3. The van der Waals surface area contributed by atoms with Gasteiger partial charge in [0, 0.05) is 29.8 Å². The third-order valence-corrected chi connectivity index (χ3v) is 3.91. The molecule has 0 radical (unpaired) electrons. The van der Waals surface area contributed by atoms with Crippen molar-refractivity contribution in [3.63, 3.8) is 0 Å². The molecule has 5 heteroatoms. The Morgan fingerprint density at radius 1 is 1.00 bits per heavy atom. The zero-order chi connectivity index (χ0) is 19.6. The molecule has 2 aromatic rings. The molecule has 0 aliphatic carbocycles. The molecule has 2 N–H and O–H groups in total. The van der Waals surface area contributed by atoms with Gasteiger partial charge in [-0.2, -0.15) is 0 Å². The lowest BCUT2D eigenvalue weighted by Crippen LogP contribution is -2.35. The molecule has 1 amide bonds. The van der Waals surface area contributed by atoms with E-state index in [1.165, 1.54) is 0 Å². The van der Waals surface area contributed by atoms with Gasteiger partial charge in [-0.15, -0.1) is 0 Å². The lowest BCUT2D eigenvalue weighted by molar-refractivity contribution is -0.138. The fourth-order valence-electron chi connectivity index (χ4n) is 2.67. The van der Waals surface area contributed by atoms with E-state index in [1.807, 2.05) is 49.3 Å². The third-order valence-electron chi connectivity index (χ3n) is 3.91. The molecule has 2 rings (SSSR count). The van der Waals surface area contributed by atoms with Crippen LogP contribution in [0.2, 0.25) is 0 Å². The van der Waals surface area contributed by atoms with Crippen molar-refractivity contribution >= 4 is 11.9 Å². The Morgan fingerprint density at radius 2 is 1.59 bits per heavy atom. The van der Waals surface area contributed by atoms with Crippen LogP contribution in [0.15, 0.2) is 54.6 Å². The molecule has 140 valence electrons. The van der Waals surface area contributed by atoms with E-state index >= 15 is 0 Å². The second kappa shape index (κ2) is 10.1. The second-order valence-corrected chi connectivity index (χ2v) is 6.63. The molecule has 0 saturated heterocycles. The fraction of sp³-hybridized carbons (Fsp3) is 0.273. The SMILES string of the molecule is CN(C)CC(CNC(=O)c1ccc(C#Cc2ccccc2)cc1)CC(=O)O. The van der Waals surface area contributed by atoms with E-state index < -0.39 is 5.97 Å². The van der Waals surface area contributed by atoms with Gasteiger partial charge in [0.05, 0.1) is 6.42 Å². The minimum absolute atomic E-state index is 0.0203. The van der Waals surface area contributed by atoms with Gasteiger partial charge in [0.25, 0.3) is 5.91 Å². The maximum Gasteiger partial charge on any atom is 0.303 e. The number of nitrogens with zero attached hydrogens (tertiary/aromatic N) is 1. The molecule has 0 bridgehead atoms. The number of amides is 1. The van der Waals surface area contributed by atoms with Crippen LogP contribution in [-0.4, -0.2) is 49.1 Å². The molecular formula is C22H24N2O3. The summed E-state index contributed by atoms with van der Waals surface area (Å²) < 4.78 is 0. The summed E-state index contributed by atoms with van der Waals surface area (Å²) in [7, 11) is 3.76. The number of carbonyl (C=O) groups excluding carboxylic acids is 1. The number of carboxylic acids is 1. The van der Waals surface area contributed by atoms with Crippen molar-refractivity contribution in [1.29, 1.82) is 0 Å². The Morgan fingerprint density at radius 3 is 2.15 bits per heavy atom. The number of rotatable bonds is 7. The lowest BCUT2D eigenvalue weighted by Gasteiger charge is -2.20. The number of nitrogens with one attached hydrogen (secondary N) is 1. The van der Waals surface area contributed by atoms with E-state index in [0.29, 0.717) is 18.7 Å². The Bertz CT molecular complexity index is 818. The highest BCUT2D eigenvalue weighted by atomic mass is 16.4. The molecule has 5 nitrogen and oxygen atoms in total. The van der Waals surface area contributed by atoms with Gasteiger partial charge in [-0.3, -0.25) is 9.59 Å². The van der Waals surface area contributed by atoms with Gasteiger partial charge in [-0.25, -0.2) is 0 Å². The average Bonchev–Trinajstić information content (AvgIpc) is 2.64.